The topological polar surface area (TPSA) is 29.3 Å². The third kappa shape index (κ3) is 3.91. The fraction of sp³-hybridized carbons (Fsp3) is 0.294. The zero-order valence-electron chi connectivity index (χ0n) is 11.5. The molecule has 0 saturated carbocycles. The highest BCUT2D eigenvalue weighted by molar-refractivity contribution is 5.20. The number of nitrogens with two attached hydrogens (primary N) is 1. The van der Waals surface area contributed by atoms with Crippen molar-refractivity contribution in [2.75, 3.05) is 20.1 Å². The van der Waals surface area contributed by atoms with E-state index >= 15 is 0 Å². The fourth-order valence-corrected chi connectivity index (χ4v) is 2.35. The Hall–Kier alpha value is -1.64. The molecule has 0 heterocycles. The smallest absolute Gasteiger partial charge is 0.0467 e. The second kappa shape index (κ2) is 7.07. The molecule has 0 aliphatic carbocycles. The van der Waals surface area contributed by atoms with E-state index < -0.39 is 0 Å². The van der Waals surface area contributed by atoms with Crippen molar-refractivity contribution in [3.05, 3.63) is 71.8 Å². The van der Waals surface area contributed by atoms with Crippen LogP contribution in [0.1, 0.15) is 17.2 Å². The lowest BCUT2D eigenvalue weighted by Crippen LogP contribution is -2.32. The van der Waals surface area contributed by atoms with Gasteiger partial charge in [-0.1, -0.05) is 60.7 Å². The SMILES string of the molecule is CN(CCc1ccccc1)C(CN)c1ccccc1. The summed E-state index contributed by atoms with van der Waals surface area (Å²) in [5.74, 6) is 0. The average molecular weight is 254 g/mol. The Labute approximate surface area is 115 Å². The van der Waals surface area contributed by atoms with Gasteiger partial charge in [-0.15, -0.1) is 0 Å². The van der Waals surface area contributed by atoms with E-state index in [1.54, 1.807) is 0 Å². The van der Waals surface area contributed by atoms with Crippen molar-refractivity contribution in [2.45, 2.75) is 12.5 Å². The molecule has 0 spiro atoms. The van der Waals surface area contributed by atoms with Gasteiger partial charge in [0.15, 0.2) is 0 Å². The van der Waals surface area contributed by atoms with E-state index in [1.807, 2.05) is 6.07 Å². The zero-order chi connectivity index (χ0) is 13.5. The Balaban J connectivity index is 1.96. The Morgan fingerprint density at radius 3 is 2.11 bits per heavy atom. The maximum absolute atomic E-state index is 5.93. The van der Waals surface area contributed by atoms with Gasteiger partial charge in [0.25, 0.3) is 0 Å². The molecule has 2 N–H and O–H groups in total. The van der Waals surface area contributed by atoms with Crippen LogP contribution in [0.15, 0.2) is 60.7 Å². The van der Waals surface area contributed by atoms with Crippen LogP contribution in [0.5, 0.6) is 0 Å². The fourth-order valence-electron chi connectivity index (χ4n) is 2.35. The molecule has 2 aromatic rings. The lowest BCUT2D eigenvalue weighted by molar-refractivity contribution is 0.253. The standard InChI is InChI=1S/C17H22N2/c1-19(13-12-15-8-4-2-5-9-15)17(14-18)16-10-6-3-7-11-16/h2-11,17H,12-14,18H2,1H3. The number of hydrogen-bond acceptors (Lipinski definition) is 2. The van der Waals surface area contributed by atoms with Crippen LogP contribution in [0.3, 0.4) is 0 Å². The Bertz CT molecular complexity index is 467. The number of hydrogen-bond donors (Lipinski definition) is 1. The summed E-state index contributed by atoms with van der Waals surface area (Å²) in [6.07, 6.45) is 1.06. The first-order valence-electron chi connectivity index (χ1n) is 6.80. The van der Waals surface area contributed by atoms with Gasteiger partial charge in [0.2, 0.25) is 0 Å². The van der Waals surface area contributed by atoms with Gasteiger partial charge >= 0.3 is 0 Å². The summed E-state index contributed by atoms with van der Waals surface area (Å²) >= 11 is 0. The van der Waals surface area contributed by atoms with Gasteiger partial charge < -0.3 is 5.73 Å². The van der Waals surface area contributed by atoms with Crippen molar-refractivity contribution >= 4 is 0 Å². The van der Waals surface area contributed by atoms with Gasteiger partial charge in [0.05, 0.1) is 0 Å². The van der Waals surface area contributed by atoms with Crippen molar-refractivity contribution < 1.29 is 0 Å². The molecule has 19 heavy (non-hydrogen) atoms. The normalized spacial score (nSPS) is 12.6. The maximum atomic E-state index is 5.93. The summed E-state index contributed by atoms with van der Waals surface area (Å²) in [6.45, 7) is 1.66. The van der Waals surface area contributed by atoms with E-state index in [1.165, 1.54) is 11.1 Å². The van der Waals surface area contributed by atoms with Crippen LogP contribution in [0.4, 0.5) is 0 Å². The number of rotatable bonds is 6. The third-order valence-corrected chi connectivity index (χ3v) is 3.54. The molecular formula is C17H22N2. The highest BCUT2D eigenvalue weighted by Gasteiger charge is 2.14. The summed E-state index contributed by atoms with van der Waals surface area (Å²) in [6, 6.07) is 21.4. The van der Waals surface area contributed by atoms with E-state index in [0.717, 1.165) is 13.0 Å². The predicted molar refractivity (Wildman–Crippen MR) is 81.0 cm³/mol. The summed E-state index contributed by atoms with van der Waals surface area (Å²) in [5.41, 5.74) is 8.60. The first-order valence-corrected chi connectivity index (χ1v) is 6.80. The number of likely N-dealkylation sites (N-methyl/N-ethyl adjacent to an activating group) is 1. The van der Waals surface area contributed by atoms with Crippen LogP contribution >= 0.6 is 0 Å². The van der Waals surface area contributed by atoms with Crippen molar-refractivity contribution in [2.24, 2.45) is 5.73 Å². The summed E-state index contributed by atoms with van der Waals surface area (Å²) in [4.78, 5) is 2.34. The molecule has 2 aromatic carbocycles. The quantitative estimate of drug-likeness (QED) is 0.859. The monoisotopic (exact) mass is 254 g/mol. The van der Waals surface area contributed by atoms with Gasteiger partial charge in [-0.3, -0.25) is 4.90 Å². The lowest BCUT2D eigenvalue weighted by Gasteiger charge is -2.27. The number of benzene rings is 2. The van der Waals surface area contributed by atoms with Gasteiger partial charge in [-0.05, 0) is 24.6 Å². The molecule has 2 heteroatoms. The molecule has 2 rings (SSSR count). The highest BCUT2D eigenvalue weighted by atomic mass is 15.1. The van der Waals surface area contributed by atoms with Crippen molar-refractivity contribution in [3.8, 4) is 0 Å². The molecule has 0 amide bonds. The Morgan fingerprint density at radius 2 is 1.53 bits per heavy atom. The van der Waals surface area contributed by atoms with Crippen LogP contribution in [0.2, 0.25) is 0 Å². The van der Waals surface area contributed by atoms with Crippen LogP contribution in [0.25, 0.3) is 0 Å². The van der Waals surface area contributed by atoms with Crippen LogP contribution in [0, 0.1) is 0 Å². The minimum absolute atomic E-state index is 0.296. The molecule has 0 saturated heterocycles. The van der Waals surface area contributed by atoms with Gasteiger partial charge in [-0.2, -0.15) is 0 Å². The van der Waals surface area contributed by atoms with Crippen molar-refractivity contribution in [3.63, 3.8) is 0 Å². The minimum Gasteiger partial charge on any atom is -0.329 e. The Morgan fingerprint density at radius 1 is 0.947 bits per heavy atom. The largest absolute Gasteiger partial charge is 0.329 e. The van der Waals surface area contributed by atoms with Crippen molar-refractivity contribution in [1.82, 2.24) is 4.90 Å². The zero-order valence-corrected chi connectivity index (χ0v) is 11.5. The molecule has 2 nitrogen and oxygen atoms in total. The molecule has 0 aromatic heterocycles. The summed E-state index contributed by atoms with van der Waals surface area (Å²) < 4.78 is 0. The van der Waals surface area contributed by atoms with Gasteiger partial charge in [-0.25, -0.2) is 0 Å². The molecule has 100 valence electrons. The first kappa shape index (κ1) is 13.8. The van der Waals surface area contributed by atoms with E-state index in [-0.39, 0.29) is 0 Å². The van der Waals surface area contributed by atoms with E-state index in [4.69, 9.17) is 5.73 Å². The van der Waals surface area contributed by atoms with Crippen molar-refractivity contribution in [1.29, 1.82) is 0 Å². The van der Waals surface area contributed by atoms with Crippen LogP contribution in [-0.2, 0) is 6.42 Å². The second-order valence-electron chi connectivity index (χ2n) is 4.88. The highest BCUT2D eigenvalue weighted by Crippen LogP contribution is 2.18. The van der Waals surface area contributed by atoms with Gasteiger partial charge in [0.1, 0.15) is 0 Å². The molecule has 0 bridgehead atoms. The molecule has 0 aliphatic rings. The first-order chi connectivity index (χ1) is 9.31. The molecule has 0 aliphatic heterocycles. The third-order valence-electron chi connectivity index (χ3n) is 3.54. The van der Waals surface area contributed by atoms with E-state index in [2.05, 4.69) is 66.5 Å². The lowest BCUT2D eigenvalue weighted by atomic mass is 10.0. The van der Waals surface area contributed by atoms with Crippen LogP contribution < -0.4 is 5.73 Å². The molecular weight excluding hydrogens is 232 g/mol. The van der Waals surface area contributed by atoms with Gasteiger partial charge in [0, 0.05) is 19.1 Å². The maximum Gasteiger partial charge on any atom is 0.0467 e. The molecule has 0 fully saturated rings. The predicted octanol–water partition coefficient (Wildman–Crippen LogP) is 2.86. The minimum atomic E-state index is 0.296. The van der Waals surface area contributed by atoms with Crippen LogP contribution in [-0.4, -0.2) is 25.0 Å². The molecule has 0 radical (unpaired) electrons. The van der Waals surface area contributed by atoms with E-state index in [9.17, 15) is 0 Å². The molecule has 1 unspecified atom stereocenters. The summed E-state index contributed by atoms with van der Waals surface area (Å²) in [7, 11) is 2.15. The second-order valence-corrected chi connectivity index (χ2v) is 4.88. The Kier molecular flexibility index (Phi) is 5.13. The average Bonchev–Trinajstić information content (AvgIpc) is 2.48. The summed E-state index contributed by atoms with van der Waals surface area (Å²) in [5, 5.41) is 0. The molecule has 1 atom stereocenters. The van der Waals surface area contributed by atoms with E-state index in [0.29, 0.717) is 12.6 Å². The number of nitrogens with zero attached hydrogens (tertiary/aromatic N) is 1.